The number of pyridine rings is 1. The monoisotopic (exact) mass is 307 g/mol. The fourth-order valence-electron chi connectivity index (χ4n) is 1.37. The van der Waals surface area contributed by atoms with Gasteiger partial charge in [-0.2, -0.15) is 0 Å². The fraction of sp³-hybridized carbons (Fsp3) is 0.583. The van der Waals surface area contributed by atoms with Gasteiger partial charge in [-0.05, 0) is 18.9 Å². The van der Waals surface area contributed by atoms with Crippen LogP contribution in [-0.4, -0.2) is 21.4 Å². The van der Waals surface area contributed by atoms with Crippen LogP contribution in [0.25, 0.3) is 0 Å². The molecule has 0 radical (unpaired) electrons. The molecular formula is C12H19ClFN3OS. The molecule has 1 aromatic rings. The molecule has 1 atom stereocenters. The van der Waals surface area contributed by atoms with E-state index in [-0.39, 0.29) is 6.54 Å². The molecule has 0 spiro atoms. The first-order valence-corrected chi connectivity index (χ1v) is 7.73. The van der Waals surface area contributed by atoms with E-state index in [1.54, 1.807) is 6.07 Å². The van der Waals surface area contributed by atoms with E-state index in [0.29, 0.717) is 28.5 Å². The summed E-state index contributed by atoms with van der Waals surface area (Å²) in [6, 6.07) is 1.55. The maximum atomic E-state index is 12.7. The van der Waals surface area contributed by atoms with Gasteiger partial charge in [-0.3, -0.25) is 4.98 Å². The van der Waals surface area contributed by atoms with Crippen molar-refractivity contribution in [3.8, 4) is 0 Å². The highest BCUT2D eigenvalue weighted by Gasteiger charge is 2.44. The highest BCUT2D eigenvalue weighted by Crippen LogP contribution is 2.36. The molecule has 19 heavy (non-hydrogen) atoms. The molecule has 0 saturated heterocycles. The Bertz CT molecular complexity index is 455. The summed E-state index contributed by atoms with van der Waals surface area (Å²) >= 11 is 5.92. The van der Waals surface area contributed by atoms with Crippen LogP contribution >= 0.6 is 11.6 Å². The summed E-state index contributed by atoms with van der Waals surface area (Å²) in [5, 5.41) is 0.380. The van der Waals surface area contributed by atoms with Crippen molar-refractivity contribution in [2.75, 3.05) is 6.67 Å². The Hall–Kier alpha value is -0.560. The molecule has 0 amide bonds. The van der Waals surface area contributed by atoms with Gasteiger partial charge in [-0.15, -0.1) is 0 Å². The molecule has 7 heteroatoms. The summed E-state index contributed by atoms with van der Waals surface area (Å²) in [7, 11) is -1.49. The molecule has 2 rings (SSSR count). The SMILES string of the molecule is CC.NCc1ncc(S(=O)NC2(CF)CC2)cc1Cl. The first-order chi connectivity index (χ1) is 9.10. The van der Waals surface area contributed by atoms with E-state index in [9.17, 15) is 8.60 Å². The summed E-state index contributed by atoms with van der Waals surface area (Å²) in [6.45, 7) is 3.72. The van der Waals surface area contributed by atoms with Crippen LogP contribution in [0, 0.1) is 0 Å². The van der Waals surface area contributed by atoms with Gasteiger partial charge < -0.3 is 5.73 Å². The van der Waals surface area contributed by atoms with Gasteiger partial charge in [0.15, 0.2) is 0 Å². The molecule has 1 fully saturated rings. The van der Waals surface area contributed by atoms with E-state index in [1.807, 2.05) is 13.8 Å². The van der Waals surface area contributed by atoms with Crippen molar-refractivity contribution in [1.29, 1.82) is 0 Å². The largest absolute Gasteiger partial charge is 0.325 e. The lowest BCUT2D eigenvalue weighted by Gasteiger charge is -2.12. The van der Waals surface area contributed by atoms with Crippen LogP contribution < -0.4 is 10.5 Å². The van der Waals surface area contributed by atoms with Crippen molar-refractivity contribution < 1.29 is 8.60 Å². The Morgan fingerprint density at radius 3 is 2.63 bits per heavy atom. The molecule has 1 saturated carbocycles. The van der Waals surface area contributed by atoms with Gasteiger partial charge >= 0.3 is 0 Å². The summed E-state index contributed by atoms with van der Waals surface area (Å²) in [5.41, 5.74) is 5.37. The molecule has 108 valence electrons. The van der Waals surface area contributed by atoms with Crippen molar-refractivity contribution >= 4 is 22.6 Å². The number of hydrogen-bond donors (Lipinski definition) is 2. The van der Waals surface area contributed by atoms with E-state index in [2.05, 4.69) is 9.71 Å². The average Bonchev–Trinajstić information content (AvgIpc) is 3.21. The second kappa shape index (κ2) is 7.28. The molecule has 1 aliphatic rings. The van der Waals surface area contributed by atoms with E-state index in [1.165, 1.54) is 6.20 Å². The highest BCUT2D eigenvalue weighted by molar-refractivity contribution is 7.83. The standard InChI is InChI=1S/C10H13ClFN3OS.C2H6/c11-8-3-7(5-14-9(8)4-13)17(16)15-10(6-12)1-2-10;1-2/h3,5,15H,1-2,4,6,13H2;1-2H3. The molecule has 1 aliphatic carbocycles. The maximum absolute atomic E-state index is 12.7. The van der Waals surface area contributed by atoms with Crippen LogP contribution in [0.3, 0.4) is 0 Å². The first-order valence-electron chi connectivity index (χ1n) is 6.20. The molecule has 1 unspecified atom stereocenters. The quantitative estimate of drug-likeness (QED) is 0.877. The predicted molar refractivity (Wildman–Crippen MR) is 76.0 cm³/mol. The van der Waals surface area contributed by atoms with Gasteiger partial charge in [0.1, 0.15) is 17.7 Å². The topological polar surface area (TPSA) is 68.0 Å². The zero-order valence-electron chi connectivity index (χ0n) is 11.1. The van der Waals surface area contributed by atoms with Crippen molar-refractivity contribution in [2.24, 2.45) is 5.73 Å². The van der Waals surface area contributed by atoms with Crippen LogP contribution in [0.4, 0.5) is 4.39 Å². The Balaban J connectivity index is 0.000000861. The summed E-state index contributed by atoms with van der Waals surface area (Å²) in [5.74, 6) is 0. The second-order valence-corrected chi connectivity index (χ2v) is 5.71. The fourth-order valence-corrected chi connectivity index (χ4v) is 2.82. The average molecular weight is 308 g/mol. The summed E-state index contributed by atoms with van der Waals surface area (Å²) in [6.07, 6.45) is 2.86. The van der Waals surface area contributed by atoms with E-state index in [0.717, 1.165) is 0 Å². The van der Waals surface area contributed by atoms with Crippen LogP contribution in [0.15, 0.2) is 17.2 Å². The Morgan fingerprint density at radius 1 is 1.58 bits per heavy atom. The third-order valence-electron chi connectivity index (χ3n) is 2.72. The number of halogens is 2. The van der Waals surface area contributed by atoms with Gasteiger partial charge in [0.25, 0.3) is 0 Å². The molecule has 4 nitrogen and oxygen atoms in total. The van der Waals surface area contributed by atoms with Crippen molar-refractivity contribution in [3.63, 3.8) is 0 Å². The maximum Gasteiger partial charge on any atom is 0.127 e. The minimum Gasteiger partial charge on any atom is -0.325 e. The summed E-state index contributed by atoms with van der Waals surface area (Å²) in [4.78, 5) is 4.45. The lowest BCUT2D eigenvalue weighted by atomic mass is 10.3. The van der Waals surface area contributed by atoms with Gasteiger partial charge in [0, 0.05) is 12.7 Å². The van der Waals surface area contributed by atoms with Gasteiger partial charge in [-0.1, -0.05) is 25.4 Å². The molecule has 1 heterocycles. The number of nitrogens with one attached hydrogen (secondary N) is 1. The molecule has 3 N–H and O–H groups in total. The number of hydrogen-bond acceptors (Lipinski definition) is 3. The number of aromatic nitrogens is 1. The van der Waals surface area contributed by atoms with Crippen molar-refractivity contribution in [1.82, 2.24) is 9.71 Å². The Labute approximate surface area is 120 Å². The van der Waals surface area contributed by atoms with E-state index < -0.39 is 23.2 Å². The lowest BCUT2D eigenvalue weighted by Crippen LogP contribution is -2.34. The summed E-state index contributed by atoms with van der Waals surface area (Å²) < 4.78 is 27.3. The van der Waals surface area contributed by atoms with Gasteiger partial charge in [-0.25, -0.2) is 13.3 Å². The van der Waals surface area contributed by atoms with Crippen LogP contribution in [-0.2, 0) is 17.5 Å². The third kappa shape index (κ3) is 4.21. The Kier molecular flexibility index (Phi) is 6.32. The normalized spacial score (nSPS) is 17.3. The van der Waals surface area contributed by atoms with E-state index in [4.69, 9.17) is 17.3 Å². The molecule has 0 bridgehead atoms. The molecular weight excluding hydrogens is 289 g/mol. The minimum atomic E-state index is -1.49. The molecule has 0 aliphatic heterocycles. The van der Waals surface area contributed by atoms with Crippen LogP contribution in [0.2, 0.25) is 5.02 Å². The predicted octanol–water partition coefficient (Wildman–Crippen LogP) is 2.33. The number of nitrogens with zero attached hydrogens (tertiary/aromatic N) is 1. The molecule has 1 aromatic heterocycles. The van der Waals surface area contributed by atoms with Crippen molar-refractivity contribution in [2.45, 2.75) is 43.7 Å². The number of alkyl halides is 1. The highest BCUT2D eigenvalue weighted by atomic mass is 35.5. The number of rotatable bonds is 5. The Morgan fingerprint density at radius 2 is 2.21 bits per heavy atom. The van der Waals surface area contributed by atoms with Gasteiger partial charge in [0.05, 0.1) is 21.2 Å². The second-order valence-electron chi connectivity index (χ2n) is 4.09. The zero-order valence-corrected chi connectivity index (χ0v) is 12.7. The van der Waals surface area contributed by atoms with Gasteiger partial charge in [0.2, 0.25) is 0 Å². The van der Waals surface area contributed by atoms with Crippen LogP contribution in [0.5, 0.6) is 0 Å². The lowest BCUT2D eigenvalue weighted by molar-refractivity contribution is 0.398. The first kappa shape index (κ1) is 16.5. The zero-order chi connectivity index (χ0) is 14.5. The smallest absolute Gasteiger partial charge is 0.127 e. The molecule has 0 aromatic carbocycles. The minimum absolute atomic E-state index is 0.230. The number of nitrogens with two attached hydrogens (primary N) is 1. The third-order valence-corrected chi connectivity index (χ3v) is 4.32. The van der Waals surface area contributed by atoms with E-state index >= 15 is 0 Å². The van der Waals surface area contributed by atoms with Crippen LogP contribution in [0.1, 0.15) is 32.4 Å². The van der Waals surface area contributed by atoms with Crippen molar-refractivity contribution in [3.05, 3.63) is 23.0 Å².